The summed E-state index contributed by atoms with van der Waals surface area (Å²) < 4.78 is 7.09. The molecule has 0 spiro atoms. The van der Waals surface area contributed by atoms with Gasteiger partial charge in [-0.25, -0.2) is 0 Å². The first-order valence-corrected chi connectivity index (χ1v) is 11.8. The molecule has 4 heteroatoms. The zero-order valence-electron chi connectivity index (χ0n) is 19.9. The molecule has 0 bridgehead atoms. The van der Waals surface area contributed by atoms with E-state index < -0.39 is 5.60 Å². The van der Waals surface area contributed by atoms with Gasteiger partial charge in [-0.2, -0.15) is 0 Å². The van der Waals surface area contributed by atoms with Gasteiger partial charge in [-0.15, -0.1) is 0 Å². The molecule has 0 atom stereocenters. The highest BCUT2D eigenvalue weighted by Gasteiger charge is 2.39. The number of nitrogens with zero attached hydrogens (tertiary/aromatic N) is 1. The summed E-state index contributed by atoms with van der Waals surface area (Å²) in [6.07, 6.45) is 0. The Kier molecular flexibility index (Phi) is 6.33. The maximum Gasteiger partial charge on any atom is 0.277 e. The van der Waals surface area contributed by atoms with Gasteiger partial charge in [0, 0.05) is 28.3 Å². The van der Waals surface area contributed by atoms with E-state index in [9.17, 15) is 10.1 Å². The van der Waals surface area contributed by atoms with Crippen molar-refractivity contribution in [2.75, 3.05) is 0 Å². The second-order valence-electron chi connectivity index (χ2n) is 8.66. The Balaban J connectivity index is 1.79. The van der Waals surface area contributed by atoms with Gasteiger partial charge in [-0.1, -0.05) is 115 Å². The summed E-state index contributed by atoms with van der Waals surface area (Å²) in [5.74, 6) is 0.556. The normalized spacial score (nSPS) is 11.1. The molecule has 0 aliphatic heterocycles. The number of ether oxygens (including phenoxy) is 1. The first-order chi connectivity index (χ1) is 17.6. The van der Waals surface area contributed by atoms with E-state index in [1.165, 1.54) is 0 Å². The summed E-state index contributed by atoms with van der Waals surface area (Å²) in [5.41, 5.74) is 3.94. The molecule has 5 rings (SSSR count). The van der Waals surface area contributed by atoms with E-state index in [0.29, 0.717) is 16.9 Å². The van der Waals surface area contributed by atoms with E-state index in [1.807, 2.05) is 91.9 Å². The zero-order valence-corrected chi connectivity index (χ0v) is 19.9. The van der Waals surface area contributed by atoms with Gasteiger partial charge < -0.3 is 4.74 Å². The number of para-hydroxylation sites is 1. The minimum atomic E-state index is -0.987. The lowest BCUT2D eigenvalue weighted by atomic mass is 9.80. The lowest BCUT2D eigenvalue weighted by molar-refractivity contribution is -0.384. The van der Waals surface area contributed by atoms with Crippen molar-refractivity contribution in [2.24, 2.45) is 0 Å². The van der Waals surface area contributed by atoms with Crippen LogP contribution in [0, 0.1) is 17.0 Å². The van der Waals surface area contributed by atoms with Gasteiger partial charge in [0.1, 0.15) is 5.75 Å². The Morgan fingerprint density at radius 1 is 0.611 bits per heavy atom. The van der Waals surface area contributed by atoms with Gasteiger partial charge in [0.2, 0.25) is 0 Å². The molecule has 5 aromatic rings. The fourth-order valence-corrected chi connectivity index (χ4v) is 4.66. The van der Waals surface area contributed by atoms with E-state index >= 15 is 0 Å². The maximum atomic E-state index is 12.0. The van der Waals surface area contributed by atoms with Crippen LogP contribution in [0.2, 0.25) is 0 Å². The zero-order chi connectivity index (χ0) is 25.0. The monoisotopic (exact) mass is 471 g/mol. The van der Waals surface area contributed by atoms with Crippen molar-refractivity contribution in [1.29, 1.82) is 0 Å². The van der Waals surface area contributed by atoms with Gasteiger partial charge in [-0.3, -0.25) is 10.1 Å². The Morgan fingerprint density at radius 2 is 1.08 bits per heavy atom. The molecular weight excluding hydrogens is 446 g/mol. The first kappa shape index (κ1) is 23.1. The molecule has 176 valence electrons. The van der Waals surface area contributed by atoms with Crippen LogP contribution in [-0.2, 0) is 5.60 Å². The van der Waals surface area contributed by atoms with Crippen LogP contribution in [0.25, 0.3) is 11.1 Å². The van der Waals surface area contributed by atoms with E-state index in [0.717, 1.165) is 22.3 Å². The molecule has 0 saturated heterocycles. The molecule has 0 heterocycles. The summed E-state index contributed by atoms with van der Waals surface area (Å²) in [5, 5.41) is 12.0. The van der Waals surface area contributed by atoms with Gasteiger partial charge in [-0.05, 0) is 24.6 Å². The summed E-state index contributed by atoms with van der Waals surface area (Å²) in [6.45, 7) is 1.85. The minimum absolute atomic E-state index is 0.0517. The topological polar surface area (TPSA) is 52.4 Å². The predicted molar refractivity (Wildman–Crippen MR) is 143 cm³/mol. The highest BCUT2D eigenvalue weighted by Crippen LogP contribution is 2.45. The molecule has 0 radical (unpaired) electrons. The predicted octanol–water partition coefficient (Wildman–Crippen LogP) is 7.94. The van der Waals surface area contributed by atoms with Gasteiger partial charge in [0.15, 0.2) is 5.60 Å². The van der Waals surface area contributed by atoms with Crippen molar-refractivity contribution in [3.8, 4) is 16.9 Å². The molecular formula is C32H25NO3. The fourth-order valence-electron chi connectivity index (χ4n) is 4.66. The minimum Gasteiger partial charge on any atom is -0.472 e. The lowest BCUT2D eigenvalue weighted by Gasteiger charge is -2.37. The Morgan fingerprint density at radius 3 is 1.58 bits per heavy atom. The van der Waals surface area contributed by atoms with Crippen LogP contribution in [0.4, 0.5) is 5.69 Å². The Labute approximate surface area is 210 Å². The smallest absolute Gasteiger partial charge is 0.277 e. The average Bonchev–Trinajstić information content (AvgIpc) is 2.93. The molecule has 0 fully saturated rings. The quantitative estimate of drug-likeness (QED) is 0.137. The number of hydrogen-bond acceptors (Lipinski definition) is 3. The molecule has 0 aliphatic carbocycles. The highest BCUT2D eigenvalue weighted by molar-refractivity contribution is 5.79. The molecule has 0 unspecified atom stereocenters. The number of benzene rings is 5. The Hall–Kier alpha value is -4.70. The molecule has 0 amide bonds. The number of nitro groups is 1. The van der Waals surface area contributed by atoms with Crippen molar-refractivity contribution in [1.82, 2.24) is 0 Å². The maximum absolute atomic E-state index is 12.0. The van der Waals surface area contributed by atoms with Crippen molar-refractivity contribution < 1.29 is 9.66 Å². The summed E-state index contributed by atoms with van der Waals surface area (Å²) in [4.78, 5) is 11.6. The van der Waals surface area contributed by atoms with Crippen molar-refractivity contribution in [3.05, 3.63) is 166 Å². The van der Waals surface area contributed by atoms with E-state index in [-0.39, 0.29) is 10.6 Å². The second-order valence-corrected chi connectivity index (χ2v) is 8.66. The van der Waals surface area contributed by atoms with Crippen molar-refractivity contribution in [3.63, 3.8) is 0 Å². The second kappa shape index (κ2) is 9.88. The van der Waals surface area contributed by atoms with Gasteiger partial charge >= 0.3 is 0 Å². The highest BCUT2D eigenvalue weighted by atomic mass is 16.6. The molecule has 0 N–H and O–H groups in total. The average molecular weight is 472 g/mol. The van der Waals surface area contributed by atoms with Crippen LogP contribution < -0.4 is 4.74 Å². The van der Waals surface area contributed by atoms with E-state index in [2.05, 4.69) is 36.4 Å². The van der Waals surface area contributed by atoms with Crippen molar-refractivity contribution >= 4 is 5.69 Å². The third-order valence-corrected chi connectivity index (χ3v) is 6.33. The number of rotatable bonds is 7. The summed E-state index contributed by atoms with van der Waals surface area (Å²) >= 11 is 0. The van der Waals surface area contributed by atoms with Crippen LogP contribution in [0.5, 0.6) is 5.75 Å². The molecule has 0 aliphatic rings. The number of nitro benzene ring substituents is 1. The number of aryl methyl sites for hydroxylation is 1. The largest absolute Gasteiger partial charge is 0.472 e. The fraction of sp³-hybridized carbons (Fsp3) is 0.0625. The lowest BCUT2D eigenvalue weighted by Crippen LogP contribution is -2.36. The number of hydrogen-bond donors (Lipinski definition) is 0. The van der Waals surface area contributed by atoms with Gasteiger partial charge in [0.25, 0.3) is 5.69 Å². The van der Waals surface area contributed by atoms with Crippen LogP contribution in [-0.4, -0.2) is 4.92 Å². The van der Waals surface area contributed by atoms with E-state index in [4.69, 9.17) is 4.74 Å². The van der Waals surface area contributed by atoms with Crippen LogP contribution in [0.1, 0.15) is 22.3 Å². The molecule has 0 aromatic heterocycles. The SMILES string of the molecule is Cc1ccc(-c2ccccc2OC(c2ccccc2)(c2ccccc2)c2ccccc2)c([N+](=O)[O-])c1. The molecule has 0 saturated carbocycles. The third kappa shape index (κ3) is 4.25. The molecule has 5 aromatic carbocycles. The van der Waals surface area contributed by atoms with E-state index in [1.54, 1.807) is 12.1 Å². The summed E-state index contributed by atoms with van der Waals surface area (Å²) in [6, 6.07) is 43.0. The van der Waals surface area contributed by atoms with Crippen LogP contribution in [0.15, 0.2) is 133 Å². The third-order valence-electron chi connectivity index (χ3n) is 6.33. The molecule has 36 heavy (non-hydrogen) atoms. The summed E-state index contributed by atoms with van der Waals surface area (Å²) in [7, 11) is 0. The molecule has 4 nitrogen and oxygen atoms in total. The van der Waals surface area contributed by atoms with Crippen LogP contribution in [0.3, 0.4) is 0 Å². The van der Waals surface area contributed by atoms with Crippen LogP contribution >= 0.6 is 0 Å². The van der Waals surface area contributed by atoms with Crippen molar-refractivity contribution in [2.45, 2.75) is 12.5 Å². The first-order valence-electron chi connectivity index (χ1n) is 11.8. The Bertz CT molecular complexity index is 1390. The standard InChI is InChI=1S/C32H25NO3/c1-24-21-22-28(30(23-24)33(34)35)29-19-11-12-20-31(29)36-32(25-13-5-2-6-14-25,26-15-7-3-8-16-26)27-17-9-4-10-18-27/h2-23H,1H3. The van der Waals surface area contributed by atoms with Gasteiger partial charge in [0.05, 0.1) is 10.5 Å².